The molecule has 2 aromatic carbocycles. The highest BCUT2D eigenvalue weighted by molar-refractivity contribution is 5.91. The smallest absolute Gasteiger partial charge is 0.354 e. The fraction of sp³-hybridized carbons (Fsp3) is 0.269. The maximum Gasteiger partial charge on any atom is 0.354 e. The van der Waals surface area contributed by atoms with Gasteiger partial charge in [0.15, 0.2) is 5.69 Å². The second-order valence-electron chi connectivity index (χ2n) is 7.55. The third-order valence-corrected chi connectivity index (χ3v) is 5.02. The number of nitrogens with one attached hydrogen (secondary N) is 1. The van der Waals surface area contributed by atoms with Crippen LogP contribution in [0.15, 0.2) is 72.8 Å². The molecule has 0 saturated carbocycles. The number of pyridine rings is 1. The molecule has 2 N–H and O–H groups in total. The lowest BCUT2D eigenvalue weighted by atomic mass is 10.1. The Kier molecular flexibility index (Phi) is 8.80. The number of carbonyl (C=O) groups excluding carboxylic acids is 1. The van der Waals surface area contributed by atoms with Crippen molar-refractivity contribution < 1.29 is 19.4 Å². The molecule has 3 rings (SSSR count). The fourth-order valence-corrected chi connectivity index (χ4v) is 3.28. The average Bonchev–Trinajstić information content (AvgIpc) is 2.81. The molecule has 0 bridgehead atoms. The van der Waals surface area contributed by atoms with Crippen LogP contribution in [0.3, 0.4) is 0 Å². The number of ether oxygens (including phenoxy) is 1. The summed E-state index contributed by atoms with van der Waals surface area (Å²) >= 11 is 0. The number of carbonyl (C=O) groups is 2. The standard InChI is InChI=1S/C26H28N2O4/c29-25(28-24-12-7-11-23(27-24)26(30)31)18-15-21-13-16-22(17-14-21)32-19-6-2-5-10-20-8-3-1-4-9-20/h1,3-4,7-9,11-14,16-17H,2,5-6,10,15,18-19H2,(H,30,31)(H,27,28,29). The highest BCUT2D eigenvalue weighted by Gasteiger charge is 2.08. The Bertz CT molecular complexity index is 1000. The minimum atomic E-state index is -1.13. The minimum absolute atomic E-state index is 0.102. The lowest BCUT2D eigenvalue weighted by molar-refractivity contribution is -0.116. The van der Waals surface area contributed by atoms with Crippen LogP contribution in [0.4, 0.5) is 5.82 Å². The van der Waals surface area contributed by atoms with E-state index in [1.54, 1.807) is 12.1 Å². The number of carboxylic acid groups (broad SMARTS) is 1. The van der Waals surface area contributed by atoms with Crippen molar-refractivity contribution in [2.45, 2.75) is 38.5 Å². The summed E-state index contributed by atoms with van der Waals surface area (Å²) in [7, 11) is 0. The number of nitrogens with zero attached hydrogens (tertiary/aromatic N) is 1. The molecule has 1 amide bonds. The number of aromatic carboxylic acids is 1. The topological polar surface area (TPSA) is 88.5 Å². The molecule has 1 heterocycles. The molecule has 0 fully saturated rings. The number of hydrogen-bond donors (Lipinski definition) is 2. The highest BCUT2D eigenvalue weighted by atomic mass is 16.5. The summed E-state index contributed by atoms with van der Waals surface area (Å²) in [6, 6.07) is 22.8. The normalized spacial score (nSPS) is 10.5. The van der Waals surface area contributed by atoms with E-state index in [4.69, 9.17) is 9.84 Å². The van der Waals surface area contributed by atoms with Crippen molar-refractivity contribution in [1.29, 1.82) is 0 Å². The van der Waals surface area contributed by atoms with Crippen LogP contribution < -0.4 is 10.1 Å². The second-order valence-corrected chi connectivity index (χ2v) is 7.55. The van der Waals surface area contributed by atoms with Crippen molar-refractivity contribution in [1.82, 2.24) is 4.98 Å². The quantitative estimate of drug-likeness (QED) is 0.387. The molecule has 0 atom stereocenters. The summed E-state index contributed by atoms with van der Waals surface area (Å²) in [6.45, 7) is 0.693. The Morgan fingerprint density at radius 3 is 2.31 bits per heavy atom. The van der Waals surface area contributed by atoms with Gasteiger partial charge in [0, 0.05) is 6.42 Å². The van der Waals surface area contributed by atoms with E-state index in [2.05, 4.69) is 34.6 Å². The number of unbranched alkanes of at least 4 members (excludes halogenated alkanes) is 2. The fourth-order valence-electron chi connectivity index (χ4n) is 3.28. The SMILES string of the molecule is O=C(CCc1ccc(OCCCCCc2ccccc2)cc1)Nc1cccc(C(=O)O)n1. The maximum atomic E-state index is 12.1. The number of carboxylic acids is 1. The largest absolute Gasteiger partial charge is 0.494 e. The van der Waals surface area contributed by atoms with E-state index in [0.717, 1.165) is 37.0 Å². The molecule has 1 aromatic heterocycles. The zero-order valence-electron chi connectivity index (χ0n) is 18.0. The molecule has 166 valence electrons. The van der Waals surface area contributed by atoms with Gasteiger partial charge in [0.2, 0.25) is 5.91 Å². The number of rotatable bonds is 12. The van der Waals surface area contributed by atoms with Crippen LogP contribution in [0.5, 0.6) is 5.75 Å². The molecule has 0 spiro atoms. The van der Waals surface area contributed by atoms with Gasteiger partial charge in [-0.2, -0.15) is 0 Å². The van der Waals surface area contributed by atoms with Gasteiger partial charge < -0.3 is 15.2 Å². The van der Waals surface area contributed by atoms with Gasteiger partial charge in [0.1, 0.15) is 11.6 Å². The van der Waals surface area contributed by atoms with Gasteiger partial charge in [0.25, 0.3) is 0 Å². The molecule has 6 heteroatoms. The second kappa shape index (κ2) is 12.2. The summed E-state index contributed by atoms with van der Waals surface area (Å²) in [5.41, 5.74) is 2.31. The van der Waals surface area contributed by atoms with Crippen LogP contribution >= 0.6 is 0 Å². The third-order valence-electron chi connectivity index (χ3n) is 5.02. The van der Waals surface area contributed by atoms with E-state index in [1.807, 2.05) is 30.3 Å². The Morgan fingerprint density at radius 2 is 1.56 bits per heavy atom. The number of aromatic nitrogens is 1. The lowest BCUT2D eigenvalue weighted by Crippen LogP contribution is -2.14. The first-order chi connectivity index (χ1) is 15.6. The van der Waals surface area contributed by atoms with Crippen molar-refractivity contribution in [3.05, 3.63) is 89.6 Å². The van der Waals surface area contributed by atoms with E-state index >= 15 is 0 Å². The number of aryl methyl sites for hydroxylation is 2. The van der Waals surface area contributed by atoms with Gasteiger partial charge in [-0.05, 0) is 67.5 Å². The van der Waals surface area contributed by atoms with Gasteiger partial charge in [-0.15, -0.1) is 0 Å². The Morgan fingerprint density at radius 1 is 0.812 bits per heavy atom. The molecule has 0 unspecified atom stereocenters. The summed E-state index contributed by atoms with van der Waals surface area (Å²) in [5, 5.41) is 11.6. The van der Waals surface area contributed by atoms with E-state index < -0.39 is 5.97 Å². The molecular formula is C26H28N2O4. The Labute approximate surface area is 188 Å². The van der Waals surface area contributed by atoms with Crippen LogP contribution in [0.1, 0.15) is 47.3 Å². The monoisotopic (exact) mass is 432 g/mol. The summed E-state index contributed by atoms with van der Waals surface area (Å²) in [6.07, 6.45) is 5.26. The van der Waals surface area contributed by atoms with Gasteiger partial charge in [0.05, 0.1) is 6.61 Å². The van der Waals surface area contributed by atoms with Gasteiger partial charge in [-0.1, -0.05) is 48.5 Å². The lowest BCUT2D eigenvalue weighted by Gasteiger charge is -2.08. The highest BCUT2D eigenvalue weighted by Crippen LogP contribution is 2.15. The molecule has 0 aliphatic rings. The van der Waals surface area contributed by atoms with Crippen molar-refractivity contribution in [2.75, 3.05) is 11.9 Å². The zero-order valence-corrected chi connectivity index (χ0v) is 18.0. The number of amides is 1. The number of anilines is 1. The van der Waals surface area contributed by atoms with Crippen LogP contribution in [-0.2, 0) is 17.6 Å². The molecule has 3 aromatic rings. The average molecular weight is 433 g/mol. The van der Waals surface area contributed by atoms with Crippen molar-refractivity contribution in [2.24, 2.45) is 0 Å². The molecule has 0 aliphatic carbocycles. The van der Waals surface area contributed by atoms with Crippen LogP contribution in [0, 0.1) is 0 Å². The number of hydrogen-bond acceptors (Lipinski definition) is 4. The van der Waals surface area contributed by atoms with Crippen LogP contribution in [0.2, 0.25) is 0 Å². The Balaban J connectivity index is 1.32. The maximum absolute atomic E-state index is 12.1. The first kappa shape index (κ1) is 23.0. The van der Waals surface area contributed by atoms with Crippen LogP contribution in [-0.4, -0.2) is 28.6 Å². The zero-order chi connectivity index (χ0) is 22.6. The Hall–Kier alpha value is -3.67. The van der Waals surface area contributed by atoms with Gasteiger partial charge >= 0.3 is 5.97 Å². The molecule has 6 nitrogen and oxygen atoms in total. The van der Waals surface area contributed by atoms with E-state index in [1.165, 1.54) is 11.6 Å². The van der Waals surface area contributed by atoms with Crippen molar-refractivity contribution in [3.8, 4) is 5.75 Å². The van der Waals surface area contributed by atoms with Crippen molar-refractivity contribution in [3.63, 3.8) is 0 Å². The molecule has 0 aliphatic heterocycles. The predicted octanol–water partition coefficient (Wildman–Crippen LogP) is 5.14. The molecule has 0 radical (unpaired) electrons. The molecule has 32 heavy (non-hydrogen) atoms. The first-order valence-electron chi connectivity index (χ1n) is 10.9. The molecule has 0 saturated heterocycles. The van der Waals surface area contributed by atoms with Crippen molar-refractivity contribution >= 4 is 17.7 Å². The first-order valence-corrected chi connectivity index (χ1v) is 10.9. The summed E-state index contributed by atoms with van der Waals surface area (Å²) in [5.74, 6) is -0.273. The number of benzene rings is 2. The minimum Gasteiger partial charge on any atom is -0.494 e. The van der Waals surface area contributed by atoms with Crippen LogP contribution in [0.25, 0.3) is 0 Å². The molecular weight excluding hydrogens is 404 g/mol. The predicted molar refractivity (Wildman–Crippen MR) is 124 cm³/mol. The van der Waals surface area contributed by atoms with E-state index in [0.29, 0.717) is 13.0 Å². The van der Waals surface area contributed by atoms with E-state index in [9.17, 15) is 9.59 Å². The van der Waals surface area contributed by atoms with Gasteiger partial charge in [-0.3, -0.25) is 4.79 Å². The third kappa shape index (κ3) is 7.87. The van der Waals surface area contributed by atoms with E-state index in [-0.39, 0.29) is 23.8 Å². The summed E-state index contributed by atoms with van der Waals surface area (Å²) in [4.78, 5) is 27.0. The van der Waals surface area contributed by atoms with Gasteiger partial charge in [-0.25, -0.2) is 9.78 Å². The summed E-state index contributed by atoms with van der Waals surface area (Å²) < 4.78 is 5.81.